The van der Waals surface area contributed by atoms with E-state index in [0.29, 0.717) is 17.0 Å². The second-order valence-corrected chi connectivity index (χ2v) is 6.50. The van der Waals surface area contributed by atoms with Gasteiger partial charge in [0, 0.05) is 23.7 Å². The van der Waals surface area contributed by atoms with Crippen molar-refractivity contribution in [2.45, 2.75) is 56.0 Å². The van der Waals surface area contributed by atoms with Crippen LogP contribution in [0, 0.1) is 0 Å². The van der Waals surface area contributed by atoms with E-state index in [1.54, 1.807) is 18.7 Å². The summed E-state index contributed by atoms with van der Waals surface area (Å²) in [5.74, 6) is -0.138. The number of aliphatic carboxylic acids is 1. The Morgan fingerprint density at radius 2 is 2.24 bits per heavy atom. The first kappa shape index (κ1) is 13.2. The summed E-state index contributed by atoms with van der Waals surface area (Å²) in [7, 11) is 0. The molecule has 0 spiro atoms. The zero-order valence-corrected chi connectivity index (χ0v) is 11.3. The summed E-state index contributed by atoms with van der Waals surface area (Å²) in [6.07, 6.45) is 3.50. The number of hydrogen-bond acceptors (Lipinski definition) is 4. The Morgan fingerprint density at radius 3 is 2.71 bits per heavy atom. The van der Waals surface area contributed by atoms with Crippen LogP contribution in [0.2, 0.25) is 0 Å². The van der Waals surface area contributed by atoms with Crippen molar-refractivity contribution < 1.29 is 14.6 Å². The summed E-state index contributed by atoms with van der Waals surface area (Å²) >= 11 is 1.73. The monoisotopic (exact) mass is 259 g/mol. The molecule has 2 N–H and O–H groups in total. The quantitative estimate of drug-likeness (QED) is 0.757. The molecule has 2 rings (SSSR count). The molecule has 0 aromatic rings. The Balaban J connectivity index is 1.86. The highest BCUT2D eigenvalue weighted by molar-refractivity contribution is 8.00. The number of carboxylic acid groups (broad SMARTS) is 1. The van der Waals surface area contributed by atoms with Crippen LogP contribution >= 0.6 is 11.8 Å². The van der Waals surface area contributed by atoms with Gasteiger partial charge in [-0.3, -0.25) is 10.1 Å². The van der Waals surface area contributed by atoms with E-state index in [0.717, 1.165) is 25.9 Å². The molecule has 3 unspecified atom stereocenters. The molecule has 1 aliphatic carbocycles. The van der Waals surface area contributed by atoms with E-state index in [-0.39, 0.29) is 6.10 Å². The Labute approximate surface area is 106 Å². The number of ether oxygens (including phenoxy) is 1. The van der Waals surface area contributed by atoms with E-state index in [1.807, 2.05) is 0 Å². The third-order valence-electron chi connectivity index (χ3n) is 3.46. The van der Waals surface area contributed by atoms with E-state index < -0.39 is 11.5 Å². The SMILES string of the molecule is CC1OCCC1SCC(C)(NC1CC1)C(=O)O. The van der Waals surface area contributed by atoms with Gasteiger partial charge in [-0.1, -0.05) is 0 Å². The van der Waals surface area contributed by atoms with Crippen molar-refractivity contribution in [1.29, 1.82) is 0 Å². The molecule has 1 saturated carbocycles. The van der Waals surface area contributed by atoms with Gasteiger partial charge >= 0.3 is 5.97 Å². The first-order valence-corrected chi connectivity index (χ1v) is 7.30. The summed E-state index contributed by atoms with van der Waals surface area (Å²) < 4.78 is 5.50. The van der Waals surface area contributed by atoms with Crippen molar-refractivity contribution in [1.82, 2.24) is 5.32 Å². The Morgan fingerprint density at radius 1 is 1.53 bits per heavy atom. The topological polar surface area (TPSA) is 58.6 Å². The largest absolute Gasteiger partial charge is 0.480 e. The van der Waals surface area contributed by atoms with E-state index in [4.69, 9.17) is 4.74 Å². The summed E-state index contributed by atoms with van der Waals surface area (Å²) in [6, 6.07) is 0.411. The van der Waals surface area contributed by atoms with Gasteiger partial charge in [-0.15, -0.1) is 0 Å². The van der Waals surface area contributed by atoms with Crippen LogP contribution in [-0.4, -0.2) is 46.4 Å². The van der Waals surface area contributed by atoms with Crippen molar-refractivity contribution in [3.05, 3.63) is 0 Å². The molecule has 3 atom stereocenters. The second kappa shape index (κ2) is 5.16. The fourth-order valence-corrected chi connectivity index (χ4v) is 3.41. The number of nitrogens with one attached hydrogen (secondary N) is 1. The average Bonchev–Trinajstić information content (AvgIpc) is 2.97. The van der Waals surface area contributed by atoms with Gasteiger partial charge in [0.25, 0.3) is 0 Å². The molecule has 1 aliphatic heterocycles. The Bertz CT molecular complexity index is 295. The van der Waals surface area contributed by atoms with Gasteiger partial charge in [0.05, 0.1) is 6.10 Å². The average molecular weight is 259 g/mol. The molecule has 1 saturated heterocycles. The first-order valence-electron chi connectivity index (χ1n) is 6.25. The van der Waals surface area contributed by atoms with Crippen LogP contribution in [-0.2, 0) is 9.53 Å². The zero-order valence-electron chi connectivity index (χ0n) is 10.4. The maximum atomic E-state index is 11.4. The summed E-state index contributed by atoms with van der Waals surface area (Å²) in [5.41, 5.74) is -0.797. The number of carbonyl (C=O) groups is 1. The summed E-state index contributed by atoms with van der Waals surface area (Å²) in [4.78, 5) is 11.4. The van der Waals surface area contributed by atoms with Crippen LogP contribution in [0.3, 0.4) is 0 Å². The molecule has 5 heteroatoms. The van der Waals surface area contributed by atoms with Gasteiger partial charge in [-0.2, -0.15) is 11.8 Å². The standard InChI is InChI=1S/C12H21NO3S/c1-8-10(5-6-16-8)17-7-12(2,11(14)15)13-9-3-4-9/h8-10,13H,3-7H2,1-2H3,(H,14,15). The van der Waals surface area contributed by atoms with Gasteiger partial charge in [0.15, 0.2) is 0 Å². The fraction of sp³-hybridized carbons (Fsp3) is 0.917. The van der Waals surface area contributed by atoms with Crippen molar-refractivity contribution in [2.24, 2.45) is 0 Å². The molecule has 4 nitrogen and oxygen atoms in total. The molecule has 0 aromatic heterocycles. The molecule has 0 bridgehead atoms. The van der Waals surface area contributed by atoms with Gasteiger partial charge in [0.1, 0.15) is 5.54 Å². The highest BCUT2D eigenvalue weighted by Crippen LogP contribution is 2.30. The number of rotatable bonds is 6. The Kier molecular flexibility index (Phi) is 4.00. The minimum Gasteiger partial charge on any atom is -0.480 e. The van der Waals surface area contributed by atoms with Crippen molar-refractivity contribution in [3.8, 4) is 0 Å². The smallest absolute Gasteiger partial charge is 0.324 e. The zero-order chi connectivity index (χ0) is 12.5. The third-order valence-corrected chi connectivity index (χ3v) is 5.26. The minimum absolute atomic E-state index is 0.249. The molecule has 2 aliphatic rings. The fourth-order valence-electron chi connectivity index (χ4n) is 2.05. The van der Waals surface area contributed by atoms with E-state index in [2.05, 4.69) is 12.2 Å². The van der Waals surface area contributed by atoms with E-state index >= 15 is 0 Å². The van der Waals surface area contributed by atoms with Crippen LogP contribution in [0.5, 0.6) is 0 Å². The number of hydrogen-bond donors (Lipinski definition) is 2. The van der Waals surface area contributed by atoms with Gasteiger partial charge in [-0.05, 0) is 33.1 Å². The lowest BCUT2D eigenvalue weighted by Gasteiger charge is -2.27. The second-order valence-electron chi connectivity index (χ2n) is 5.27. The first-order chi connectivity index (χ1) is 8.01. The predicted molar refractivity (Wildman–Crippen MR) is 68.5 cm³/mol. The molecule has 98 valence electrons. The van der Waals surface area contributed by atoms with Crippen LogP contribution in [0.1, 0.15) is 33.1 Å². The van der Waals surface area contributed by atoms with Crippen molar-refractivity contribution >= 4 is 17.7 Å². The minimum atomic E-state index is -0.797. The molecule has 1 heterocycles. The third kappa shape index (κ3) is 3.36. The van der Waals surface area contributed by atoms with E-state index in [1.165, 1.54) is 0 Å². The predicted octanol–water partition coefficient (Wildman–Crippen LogP) is 1.49. The maximum absolute atomic E-state index is 11.4. The normalized spacial score (nSPS) is 32.4. The lowest BCUT2D eigenvalue weighted by molar-refractivity contribution is -0.143. The van der Waals surface area contributed by atoms with Crippen LogP contribution in [0.4, 0.5) is 0 Å². The van der Waals surface area contributed by atoms with E-state index in [9.17, 15) is 9.90 Å². The van der Waals surface area contributed by atoms with Crippen molar-refractivity contribution in [3.63, 3.8) is 0 Å². The number of carboxylic acids is 1. The lowest BCUT2D eigenvalue weighted by atomic mass is 10.1. The molecule has 0 aromatic carbocycles. The van der Waals surface area contributed by atoms with Crippen LogP contribution < -0.4 is 5.32 Å². The molecule has 0 amide bonds. The van der Waals surface area contributed by atoms with Crippen molar-refractivity contribution in [2.75, 3.05) is 12.4 Å². The molecular formula is C12H21NO3S. The van der Waals surface area contributed by atoms with Crippen LogP contribution in [0.15, 0.2) is 0 Å². The summed E-state index contributed by atoms with van der Waals surface area (Å²) in [5, 5.41) is 13.0. The molecule has 17 heavy (non-hydrogen) atoms. The lowest BCUT2D eigenvalue weighted by Crippen LogP contribution is -2.53. The van der Waals surface area contributed by atoms with Gasteiger partial charge < -0.3 is 9.84 Å². The van der Waals surface area contributed by atoms with Gasteiger partial charge in [-0.25, -0.2) is 0 Å². The Hall–Kier alpha value is -0.260. The number of thioether (sulfide) groups is 1. The van der Waals surface area contributed by atoms with Gasteiger partial charge in [0.2, 0.25) is 0 Å². The molecule has 0 radical (unpaired) electrons. The maximum Gasteiger partial charge on any atom is 0.324 e. The highest BCUT2D eigenvalue weighted by atomic mass is 32.2. The molecule has 2 fully saturated rings. The highest BCUT2D eigenvalue weighted by Gasteiger charge is 2.39. The van der Waals surface area contributed by atoms with Crippen LogP contribution in [0.25, 0.3) is 0 Å². The molecular weight excluding hydrogens is 238 g/mol. The summed E-state index contributed by atoms with van der Waals surface area (Å²) in [6.45, 7) is 4.66.